The molecule has 0 saturated heterocycles. The molecule has 0 bridgehead atoms. The number of likely N-dealkylation sites (N-methyl/N-ethyl adjacent to an activating group) is 1. The second-order valence-corrected chi connectivity index (χ2v) is 7.11. The molecule has 21 heavy (non-hydrogen) atoms. The van der Waals surface area contributed by atoms with Crippen LogP contribution in [0.2, 0.25) is 0 Å². The van der Waals surface area contributed by atoms with Crippen LogP contribution in [-0.4, -0.2) is 35.3 Å². The van der Waals surface area contributed by atoms with Crippen LogP contribution in [-0.2, 0) is 0 Å². The van der Waals surface area contributed by atoms with Crippen LogP contribution in [0.5, 0.6) is 0 Å². The molecule has 3 heterocycles. The van der Waals surface area contributed by atoms with Crippen molar-refractivity contribution in [3.8, 4) is 10.7 Å². The lowest BCUT2D eigenvalue weighted by molar-refractivity contribution is 0.304. The lowest BCUT2D eigenvalue weighted by atomic mass is 10.2. The van der Waals surface area contributed by atoms with Crippen LogP contribution < -0.4 is 4.90 Å². The Balaban J connectivity index is 2.25. The van der Waals surface area contributed by atoms with Crippen LogP contribution in [0.4, 0.5) is 5.82 Å². The van der Waals surface area contributed by atoms with Crippen molar-refractivity contribution in [3.05, 3.63) is 28.0 Å². The minimum absolute atomic E-state index is 0.110. The fourth-order valence-electron chi connectivity index (χ4n) is 2.28. The Labute approximate surface area is 131 Å². The minimum Gasteiger partial charge on any atom is -0.395 e. The number of aromatic nitrogens is 2. The highest BCUT2D eigenvalue weighted by Gasteiger charge is 2.18. The molecule has 1 N–H and O–H groups in total. The number of aliphatic hydroxyl groups is 1. The van der Waals surface area contributed by atoms with Crippen LogP contribution in [0.1, 0.15) is 10.4 Å². The van der Waals surface area contributed by atoms with E-state index in [4.69, 9.17) is 9.97 Å². The molecule has 0 aliphatic carbocycles. The van der Waals surface area contributed by atoms with Crippen molar-refractivity contribution < 1.29 is 5.11 Å². The summed E-state index contributed by atoms with van der Waals surface area (Å²) in [5.74, 6) is 1.66. The molecule has 0 radical (unpaired) electrons. The van der Waals surface area contributed by atoms with Gasteiger partial charge in [-0.2, -0.15) is 0 Å². The van der Waals surface area contributed by atoms with Crippen molar-refractivity contribution in [1.82, 2.24) is 9.97 Å². The van der Waals surface area contributed by atoms with E-state index in [1.807, 2.05) is 29.5 Å². The summed E-state index contributed by atoms with van der Waals surface area (Å²) < 4.78 is 0. The first-order valence-corrected chi connectivity index (χ1v) is 8.45. The third-order valence-corrected chi connectivity index (χ3v) is 5.52. The Morgan fingerprint density at radius 3 is 2.76 bits per heavy atom. The monoisotopic (exact) mass is 319 g/mol. The number of hydrogen-bond donors (Lipinski definition) is 1. The molecule has 3 aromatic heterocycles. The van der Waals surface area contributed by atoms with E-state index in [0.29, 0.717) is 6.54 Å². The molecule has 0 unspecified atom stereocenters. The zero-order chi connectivity index (χ0) is 15.0. The van der Waals surface area contributed by atoms with Crippen molar-refractivity contribution in [2.24, 2.45) is 0 Å². The zero-order valence-electron chi connectivity index (χ0n) is 12.3. The van der Waals surface area contributed by atoms with Gasteiger partial charge in [-0.05, 0) is 30.9 Å². The largest absolute Gasteiger partial charge is 0.395 e. The topological polar surface area (TPSA) is 49.2 Å². The normalized spacial score (nSPS) is 11.2. The van der Waals surface area contributed by atoms with Gasteiger partial charge in [0.1, 0.15) is 10.6 Å². The Morgan fingerprint density at radius 2 is 2.10 bits per heavy atom. The Kier molecular flexibility index (Phi) is 3.93. The molecule has 110 valence electrons. The number of anilines is 1. The van der Waals surface area contributed by atoms with E-state index in [2.05, 4.69) is 13.8 Å². The van der Waals surface area contributed by atoms with Crippen LogP contribution in [0.3, 0.4) is 0 Å². The molecule has 0 spiro atoms. The number of rotatable bonds is 4. The molecule has 4 nitrogen and oxygen atoms in total. The molecule has 3 aromatic rings. The molecule has 0 aliphatic rings. The van der Waals surface area contributed by atoms with E-state index >= 15 is 0 Å². The van der Waals surface area contributed by atoms with E-state index < -0.39 is 0 Å². The van der Waals surface area contributed by atoms with Gasteiger partial charge in [0.15, 0.2) is 5.82 Å². The second-order valence-electron chi connectivity index (χ2n) is 4.96. The molecule has 3 rings (SSSR count). The summed E-state index contributed by atoms with van der Waals surface area (Å²) in [7, 11) is 1.96. The van der Waals surface area contributed by atoms with Gasteiger partial charge in [-0.1, -0.05) is 6.07 Å². The van der Waals surface area contributed by atoms with Gasteiger partial charge in [0, 0.05) is 18.5 Å². The first-order chi connectivity index (χ1) is 10.1. The molecular weight excluding hydrogens is 302 g/mol. The zero-order valence-corrected chi connectivity index (χ0v) is 13.9. The van der Waals surface area contributed by atoms with Crippen LogP contribution >= 0.6 is 22.7 Å². The summed E-state index contributed by atoms with van der Waals surface area (Å²) in [6, 6.07) is 4.05. The summed E-state index contributed by atoms with van der Waals surface area (Å²) >= 11 is 3.35. The van der Waals surface area contributed by atoms with Crippen LogP contribution in [0.25, 0.3) is 20.9 Å². The Hall–Kier alpha value is -1.50. The molecule has 0 fully saturated rings. The number of aryl methyl sites for hydroxylation is 2. The fourth-order valence-corrected chi connectivity index (χ4v) is 3.96. The maximum absolute atomic E-state index is 9.22. The average Bonchev–Trinajstić information content (AvgIpc) is 3.08. The minimum atomic E-state index is 0.110. The van der Waals surface area contributed by atoms with Gasteiger partial charge in [-0.3, -0.25) is 0 Å². The fraction of sp³-hybridized carbons (Fsp3) is 0.333. The number of aliphatic hydroxyl groups excluding tert-OH is 1. The van der Waals surface area contributed by atoms with Gasteiger partial charge in [0.05, 0.1) is 16.9 Å². The molecule has 0 aliphatic heterocycles. The van der Waals surface area contributed by atoms with Crippen LogP contribution in [0.15, 0.2) is 17.5 Å². The highest BCUT2D eigenvalue weighted by molar-refractivity contribution is 7.19. The van der Waals surface area contributed by atoms with E-state index in [-0.39, 0.29) is 6.61 Å². The number of fused-ring (bicyclic) bond motifs is 1. The highest BCUT2D eigenvalue weighted by Crippen LogP contribution is 2.36. The van der Waals surface area contributed by atoms with E-state index in [1.165, 1.54) is 10.4 Å². The van der Waals surface area contributed by atoms with Crippen molar-refractivity contribution in [1.29, 1.82) is 0 Å². The number of thiophene rings is 2. The lowest BCUT2D eigenvalue weighted by Crippen LogP contribution is -2.22. The molecule has 0 atom stereocenters. The predicted molar refractivity (Wildman–Crippen MR) is 90.6 cm³/mol. The van der Waals surface area contributed by atoms with Gasteiger partial charge in [0.2, 0.25) is 0 Å². The van der Waals surface area contributed by atoms with Gasteiger partial charge >= 0.3 is 0 Å². The molecular formula is C15H17N3OS2. The first kappa shape index (κ1) is 14.4. The van der Waals surface area contributed by atoms with Gasteiger partial charge in [-0.25, -0.2) is 9.97 Å². The predicted octanol–water partition coefficient (Wildman–Crippen LogP) is 3.47. The van der Waals surface area contributed by atoms with Crippen molar-refractivity contribution in [2.45, 2.75) is 13.8 Å². The number of nitrogens with zero attached hydrogens (tertiary/aromatic N) is 3. The SMILES string of the molecule is Cc1sc2nc(-c3cccs3)nc(N(C)CCO)c2c1C. The summed E-state index contributed by atoms with van der Waals surface area (Å²) in [5.41, 5.74) is 1.23. The summed E-state index contributed by atoms with van der Waals surface area (Å²) in [5, 5.41) is 12.4. The molecule has 6 heteroatoms. The molecule has 0 aromatic carbocycles. The average molecular weight is 319 g/mol. The maximum atomic E-state index is 9.22. The summed E-state index contributed by atoms with van der Waals surface area (Å²) in [6.45, 7) is 4.89. The summed E-state index contributed by atoms with van der Waals surface area (Å²) in [6.07, 6.45) is 0. The first-order valence-electron chi connectivity index (χ1n) is 6.75. The van der Waals surface area contributed by atoms with Gasteiger partial charge in [-0.15, -0.1) is 22.7 Å². The van der Waals surface area contributed by atoms with Crippen molar-refractivity contribution in [3.63, 3.8) is 0 Å². The lowest BCUT2D eigenvalue weighted by Gasteiger charge is -2.18. The Morgan fingerprint density at radius 1 is 1.29 bits per heavy atom. The quantitative estimate of drug-likeness (QED) is 0.800. The summed E-state index contributed by atoms with van der Waals surface area (Å²) in [4.78, 5) is 14.8. The Bertz CT molecular complexity index is 765. The van der Waals surface area contributed by atoms with Gasteiger partial charge in [0.25, 0.3) is 0 Å². The second kappa shape index (κ2) is 5.71. The number of hydrogen-bond acceptors (Lipinski definition) is 6. The van der Waals surface area contributed by atoms with E-state index in [9.17, 15) is 5.11 Å². The smallest absolute Gasteiger partial charge is 0.173 e. The molecule has 0 saturated carbocycles. The van der Waals surface area contributed by atoms with E-state index in [0.717, 1.165) is 26.7 Å². The standard InChI is InChI=1S/C15H17N3OS2/c1-9-10(2)21-15-12(9)14(18(3)6-7-19)16-13(17-15)11-5-4-8-20-11/h4-5,8,19H,6-7H2,1-3H3. The maximum Gasteiger partial charge on any atom is 0.173 e. The van der Waals surface area contributed by atoms with Crippen molar-refractivity contribution in [2.75, 3.05) is 25.1 Å². The molecule has 0 amide bonds. The van der Waals surface area contributed by atoms with Gasteiger partial charge < -0.3 is 10.0 Å². The third kappa shape index (κ3) is 2.54. The highest BCUT2D eigenvalue weighted by atomic mass is 32.1. The van der Waals surface area contributed by atoms with Crippen LogP contribution in [0, 0.1) is 13.8 Å². The van der Waals surface area contributed by atoms with Crippen molar-refractivity contribution >= 4 is 38.7 Å². The third-order valence-electron chi connectivity index (χ3n) is 3.55. The van der Waals surface area contributed by atoms with E-state index in [1.54, 1.807) is 22.7 Å².